The molecule has 0 aliphatic rings. The number of rotatable bonds is 12. The lowest BCUT2D eigenvalue weighted by Gasteiger charge is -2.33. The van der Waals surface area contributed by atoms with Crippen molar-refractivity contribution in [3.05, 3.63) is 93.2 Å². The largest absolute Gasteiger partial charge is 0.352 e. The molecule has 0 aromatic heterocycles. The van der Waals surface area contributed by atoms with Gasteiger partial charge in [-0.25, -0.2) is 12.8 Å². The minimum Gasteiger partial charge on any atom is -0.352 e. The van der Waals surface area contributed by atoms with Crippen LogP contribution >= 0.6 is 34.8 Å². The van der Waals surface area contributed by atoms with E-state index in [-0.39, 0.29) is 45.5 Å². The minimum atomic E-state index is -4.31. The summed E-state index contributed by atoms with van der Waals surface area (Å²) in [6.07, 6.45) is 0.931. The van der Waals surface area contributed by atoms with Crippen molar-refractivity contribution in [2.45, 2.75) is 57.1 Å². The van der Waals surface area contributed by atoms with Gasteiger partial charge in [0.2, 0.25) is 11.8 Å². The Balaban J connectivity index is 2.09. The van der Waals surface area contributed by atoms with Crippen molar-refractivity contribution in [1.82, 2.24) is 10.2 Å². The van der Waals surface area contributed by atoms with Gasteiger partial charge in [-0.15, -0.1) is 0 Å². The van der Waals surface area contributed by atoms with Gasteiger partial charge >= 0.3 is 0 Å². The van der Waals surface area contributed by atoms with Crippen molar-refractivity contribution in [2.24, 2.45) is 0 Å². The molecule has 0 saturated heterocycles. The van der Waals surface area contributed by atoms with Crippen LogP contribution in [0.25, 0.3) is 0 Å². The Kier molecular flexibility index (Phi) is 11.4. The highest BCUT2D eigenvalue weighted by molar-refractivity contribution is 7.92. The van der Waals surface area contributed by atoms with Gasteiger partial charge in [0.25, 0.3) is 10.0 Å². The molecule has 0 aliphatic heterocycles. The van der Waals surface area contributed by atoms with Gasteiger partial charge < -0.3 is 10.2 Å². The molecule has 2 atom stereocenters. The summed E-state index contributed by atoms with van der Waals surface area (Å²) >= 11 is 18.3. The lowest BCUT2D eigenvalue weighted by atomic mass is 10.1. The van der Waals surface area contributed by atoms with E-state index in [4.69, 9.17) is 34.8 Å². The van der Waals surface area contributed by atoms with E-state index in [1.54, 1.807) is 43.3 Å². The number of nitrogens with one attached hydrogen (secondary N) is 1. The van der Waals surface area contributed by atoms with Crippen molar-refractivity contribution >= 4 is 62.3 Å². The zero-order valence-corrected chi connectivity index (χ0v) is 25.9. The average molecular weight is 643 g/mol. The molecule has 3 aromatic carbocycles. The number of sulfonamides is 1. The van der Waals surface area contributed by atoms with Crippen molar-refractivity contribution in [3.63, 3.8) is 0 Å². The zero-order valence-electron chi connectivity index (χ0n) is 22.8. The molecule has 2 unspecified atom stereocenters. The van der Waals surface area contributed by atoms with Crippen molar-refractivity contribution in [2.75, 3.05) is 10.8 Å². The number of amides is 2. The SMILES string of the molecule is CCC(C)NC(=O)C(CC)N(Cc1ccc(Cl)c(Cl)c1)C(=O)CN(c1ccc(F)c(Cl)c1)S(=O)(=O)c1ccccc1. The van der Waals surface area contributed by atoms with E-state index in [0.717, 1.165) is 16.4 Å². The molecule has 3 aromatic rings. The van der Waals surface area contributed by atoms with E-state index in [2.05, 4.69) is 5.32 Å². The number of carbonyl (C=O) groups excluding carboxylic acids is 2. The van der Waals surface area contributed by atoms with Gasteiger partial charge in [0.05, 0.1) is 25.7 Å². The molecule has 0 aliphatic carbocycles. The molecule has 0 radical (unpaired) electrons. The summed E-state index contributed by atoms with van der Waals surface area (Å²) in [7, 11) is -4.31. The second kappa shape index (κ2) is 14.4. The van der Waals surface area contributed by atoms with Gasteiger partial charge in [0.1, 0.15) is 18.4 Å². The van der Waals surface area contributed by atoms with Crippen LogP contribution < -0.4 is 9.62 Å². The number of hydrogen-bond acceptors (Lipinski definition) is 4. The fourth-order valence-electron chi connectivity index (χ4n) is 4.08. The highest BCUT2D eigenvalue weighted by atomic mass is 35.5. The highest BCUT2D eigenvalue weighted by Gasteiger charge is 2.34. The molecule has 3 rings (SSSR count). The number of benzene rings is 3. The Morgan fingerprint density at radius 3 is 2.17 bits per heavy atom. The Hall–Kier alpha value is -2.85. The van der Waals surface area contributed by atoms with E-state index in [1.165, 1.54) is 23.1 Å². The number of anilines is 1. The Morgan fingerprint density at radius 1 is 0.902 bits per heavy atom. The summed E-state index contributed by atoms with van der Waals surface area (Å²) < 4.78 is 42.5. The summed E-state index contributed by atoms with van der Waals surface area (Å²) in [6, 6.07) is 14.7. The van der Waals surface area contributed by atoms with Crippen LogP contribution in [0.4, 0.5) is 10.1 Å². The summed E-state index contributed by atoms with van der Waals surface area (Å²) in [6.45, 7) is 4.79. The van der Waals surface area contributed by atoms with Crippen LogP contribution in [0.15, 0.2) is 71.6 Å². The number of nitrogens with zero attached hydrogens (tertiary/aromatic N) is 2. The second-order valence-corrected chi connectivity index (χ2v) is 12.5. The number of carbonyl (C=O) groups is 2. The maximum absolute atomic E-state index is 14.0. The first kappa shape index (κ1) is 32.7. The van der Waals surface area contributed by atoms with Gasteiger partial charge in [-0.1, -0.05) is 72.9 Å². The molecule has 7 nitrogen and oxygen atoms in total. The molecule has 0 fully saturated rings. The zero-order chi connectivity index (χ0) is 30.3. The van der Waals surface area contributed by atoms with Gasteiger partial charge in [-0.3, -0.25) is 13.9 Å². The third-order valence-corrected chi connectivity index (χ3v) is 9.34. The van der Waals surface area contributed by atoms with Crippen LogP contribution in [0.2, 0.25) is 15.1 Å². The van der Waals surface area contributed by atoms with Crippen LogP contribution in [0.1, 0.15) is 39.2 Å². The smallest absolute Gasteiger partial charge is 0.264 e. The predicted molar refractivity (Wildman–Crippen MR) is 161 cm³/mol. The van der Waals surface area contributed by atoms with Gasteiger partial charge in [0, 0.05) is 12.6 Å². The van der Waals surface area contributed by atoms with Crippen molar-refractivity contribution < 1.29 is 22.4 Å². The van der Waals surface area contributed by atoms with Crippen LogP contribution in [-0.4, -0.2) is 43.8 Å². The van der Waals surface area contributed by atoms with Crippen LogP contribution in [0.5, 0.6) is 0 Å². The van der Waals surface area contributed by atoms with E-state index < -0.39 is 34.3 Å². The molecule has 220 valence electrons. The maximum Gasteiger partial charge on any atom is 0.264 e. The molecule has 12 heteroatoms. The molecule has 2 amide bonds. The van der Waals surface area contributed by atoms with E-state index >= 15 is 0 Å². The van der Waals surface area contributed by atoms with Gasteiger partial charge in [-0.2, -0.15) is 0 Å². The van der Waals surface area contributed by atoms with E-state index in [1.807, 2.05) is 13.8 Å². The van der Waals surface area contributed by atoms with Crippen LogP contribution in [-0.2, 0) is 26.2 Å². The first-order chi connectivity index (χ1) is 19.4. The molecule has 41 heavy (non-hydrogen) atoms. The van der Waals surface area contributed by atoms with E-state index in [0.29, 0.717) is 17.0 Å². The topological polar surface area (TPSA) is 86.8 Å². The molecular formula is C29H31Cl3FN3O4S. The lowest BCUT2D eigenvalue weighted by molar-refractivity contribution is -0.140. The lowest BCUT2D eigenvalue weighted by Crippen LogP contribution is -2.53. The Labute approximate surface area is 255 Å². The standard InChI is InChI=1S/C29H31Cl3FN3O4S/c1-4-19(3)34-29(38)27(5-2)35(17-20-11-13-23(30)24(31)15-20)28(37)18-36(21-12-14-26(33)25(32)16-21)41(39,40)22-9-7-6-8-10-22/h6-16,19,27H,4-5,17-18H2,1-3H3,(H,34,38). The van der Waals surface area contributed by atoms with Crippen molar-refractivity contribution in [3.8, 4) is 0 Å². The molecule has 1 N–H and O–H groups in total. The first-order valence-corrected chi connectivity index (χ1v) is 15.5. The minimum absolute atomic E-state index is 0.0137. The number of hydrogen-bond donors (Lipinski definition) is 1. The summed E-state index contributed by atoms with van der Waals surface area (Å²) in [5.41, 5.74) is 0.574. The number of halogens is 4. The summed E-state index contributed by atoms with van der Waals surface area (Å²) in [5.74, 6) is -1.78. The Bertz CT molecular complexity index is 1490. The molecule has 0 saturated carbocycles. The third-order valence-electron chi connectivity index (χ3n) is 6.53. The fraction of sp³-hybridized carbons (Fsp3) is 0.310. The highest BCUT2D eigenvalue weighted by Crippen LogP contribution is 2.29. The van der Waals surface area contributed by atoms with Crippen LogP contribution in [0, 0.1) is 5.82 Å². The average Bonchev–Trinajstić information content (AvgIpc) is 2.95. The molecule has 0 bridgehead atoms. The second-order valence-electron chi connectivity index (χ2n) is 9.44. The van der Waals surface area contributed by atoms with E-state index in [9.17, 15) is 22.4 Å². The van der Waals surface area contributed by atoms with Gasteiger partial charge in [-0.05, 0) is 67.8 Å². The summed E-state index contributed by atoms with van der Waals surface area (Å²) in [5, 5.41) is 3.19. The van der Waals surface area contributed by atoms with Crippen LogP contribution in [0.3, 0.4) is 0 Å². The quantitative estimate of drug-likeness (QED) is 0.238. The van der Waals surface area contributed by atoms with Gasteiger partial charge in [0.15, 0.2) is 0 Å². The third kappa shape index (κ3) is 8.13. The molecule has 0 heterocycles. The monoisotopic (exact) mass is 641 g/mol. The first-order valence-electron chi connectivity index (χ1n) is 13.0. The molecule has 0 spiro atoms. The summed E-state index contributed by atoms with van der Waals surface area (Å²) in [4.78, 5) is 28.6. The maximum atomic E-state index is 14.0. The Morgan fingerprint density at radius 2 is 1.59 bits per heavy atom. The normalized spacial score (nSPS) is 12.9. The fourth-order valence-corrected chi connectivity index (χ4v) is 6.01. The molecular weight excluding hydrogens is 612 g/mol. The predicted octanol–water partition coefficient (Wildman–Crippen LogP) is 6.70. The van der Waals surface area contributed by atoms with Crippen molar-refractivity contribution in [1.29, 1.82) is 0 Å².